The Balaban J connectivity index is 1.27. The summed E-state index contributed by atoms with van der Waals surface area (Å²) < 4.78 is 43.8. The van der Waals surface area contributed by atoms with E-state index in [1.807, 2.05) is 17.6 Å². The Labute approximate surface area is 211 Å². The molecule has 0 saturated carbocycles. The molecule has 3 aromatic rings. The number of aromatic nitrogens is 5. The van der Waals surface area contributed by atoms with E-state index >= 15 is 0 Å². The van der Waals surface area contributed by atoms with Crippen LogP contribution in [0.4, 0.5) is 24.9 Å². The second kappa shape index (κ2) is 7.79. The van der Waals surface area contributed by atoms with Gasteiger partial charge in [-0.05, 0) is 44.5 Å². The van der Waals surface area contributed by atoms with Crippen LogP contribution in [0.25, 0.3) is 5.69 Å². The van der Waals surface area contributed by atoms with Crippen LogP contribution in [0.3, 0.4) is 0 Å². The first kappa shape index (κ1) is 23.5. The van der Waals surface area contributed by atoms with Crippen LogP contribution in [0.1, 0.15) is 30.9 Å². The number of halogens is 4. The molecule has 8 nitrogen and oxygen atoms in total. The van der Waals surface area contributed by atoms with Crippen LogP contribution < -0.4 is 9.80 Å². The van der Waals surface area contributed by atoms with E-state index in [2.05, 4.69) is 30.0 Å². The van der Waals surface area contributed by atoms with Crippen LogP contribution in [-0.4, -0.2) is 67.5 Å². The molecule has 0 N–H and O–H groups in total. The molecule has 5 heterocycles. The lowest BCUT2D eigenvalue weighted by atomic mass is 9.73. The average Bonchev–Trinajstić information content (AvgIpc) is 3.06. The van der Waals surface area contributed by atoms with Crippen molar-refractivity contribution < 1.29 is 13.2 Å². The van der Waals surface area contributed by atoms with Gasteiger partial charge in [0.25, 0.3) is 0 Å². The molecule has 2 aromatic heterocycles. The van der Waals surface area contributed by atoms with Crippen molar-refractivity contribution >= 4 is 23.4 Å². The molecule has 0 bridgehead atoms. The highest BCUT2D eigenvalue weighted by atomic mass is 35.5. The molecular formula is C24H26ClF3N8. The molecule has 3 aliphatic heterocycles. The maximum absolute atomic E-state index is 14.0. The monoisotopic (exact) mass is 518 g/mol. The fourth-order valence-electron chi connectivity index (χ4n) is 5.40. The summed E-state index contributed by atoms with van der Waals surface area (Å²) in [4.78, 5) is 14.6. The van der Waals surface area contributed by atoms with Gasteiger partial charge < -0.3 is 9.80 Å². The first-order valence-electron chi connectivity index (χ1n) is 11.8. The molecular weight excluding hydrogens is 493 g/mol. The summed E-state index contributed by atoms with van der Waals surface area (Å²) in [7, 11) is 0. The van der Waals surface area contributed by atoms with E-state index in [9.17, 15) is 13.2 Å². The minimum Gasteiger partial charge on any atom is -0.354 e. The lowest BCUT2D eigenvalue weighted by molar-refractivity contribution is -0.224. The topological polar surface area (TPSA) is 66.2 Å². The van der Waals surface area contributed by atoms with Gasteiger partial charge in [-0.2, -0.15) is 13.2 Å². The number of fused-ring (bicyclic) bond motifs is 3. The molecule has 0 radical (unpaired) electrons. The number of nitrogens with zero attached hydrogens (tertiary/aromatic N) is 8. The van der Waals surface area contributed by atoms with Gasteiger partial charge in [0.1, 0.15) is 11.4 Å². The normalized spacial score (nSPS) is 19.4. The van der Waals surface area contributed by atoms with Gasteiger partial charge in [0.05, 0.1) is 24.1 Å². The van der Waals surface area contributed by atoms with Crippen LogP contribution in [0.5, 0.6) is 0 Å². The molecule has 36 heavy (non-hydrogen) atoms. The van der Waals surface area contributed by atoms with Gasteiger partial charge >= 0.3 is 6.18 Å². The number of anilines is 2. The van der Waals surface area contributed by atoms with Gasteiger partial charge in [0.15, 0.2) is 5.82 Å². The van der Waals surface area contributed by atoms with Gasteiger partial charge in [-0.1, -0.05) is 11.6 Å². The second-order valence-corrected chi connectivity index (χ2v) is 11.1. The molecule has 2 saturated heterocycles. The zero-order valence-corrected chi connectivity index (χ0v) is 21.0. The summed E-state index contributed by atoms with van der Waals surface area (Å²) in [5.74, 6) is 2.02. The molecule has 3 aliphatic rings. The van der Waals surface area contributed by atoms with Crippen molar-refractivity contribution in [3.63, 3.8) is 0 Å². The molecule has 0 amide bonds. The first-order chi connectivity index (χ1) is 17.0. The van der Waals surface area contributed by atoms with Crippen molar-refractivity contribution in [2.24, 2.45) is 5.41 Å². The van der Waals surface area contributed by atoms with Crippen LogP contribution in [-0.2, 0) is 13.1 Å². The fraction of sp³-hybridized carbons (Fsp3) is 0.500. The number of hydrogen-bond donors (Lipinski definition) is 0. The van der Waals surface area contributed by atoms with Crippen LogP contribution in [0.2, 0.25) is 5.02 Å². The van der Waals surface area contributed by atoms with Crippen LogP contribution in [0, 0.1) is 12.3 Å². The van der Waals surface area contributed by atoms with Gasteiger partial charge in [-0.15, -0.1) is 10.2 Å². The van der Waals surface area contributed by atoms with E-state index in [4.69, 9.17) is 11.6 Å². The number of benzene rings is 1. The molecule has 0 aliphatic carbocycles. The largest absolute Gasteiger partial charge is 0.406 e. The van der Waals surface area contributed by atoms with E-state index < -0.39 is 11.7 Å². The lowest BCUT2D eigenvalue weighted by Crippen LogP contribution is -2.73. The summed E-state index contributed by atoms with van der Waals surface area (Å²) in [5.41, 5.74) is 0.443. The smallest absolute Gasteiger partial charge is 0.354 e. The average molecular weight is 519 g/mol. The maximum atomic E-state index is 14.0. The molecule has 1 aromatic carbocycles. The minimum atomic E-state index is -4.41. The van der Waals surface area contributed by atoms with Gasteiger partial charge in [0.2, 0.25) is 5.95 Å². The van der Waals surface area contributed by atoms with Gasteiger partial charge in [0, 0.05) is 49.4 Å². The molecule has 0 unspecified atom stereocenters. The zero-order valence-electron chi connectivity index (χ0n) is 20.2. The van der Waals surface area contributed by atoms with E-state index in [0.717, 1.165) is 43.4 Å². The highest BCUT2D eigenvalue weighted by molar-refractivity contribution is 6.30. The fourth-order valence-corrected chi connectivity index (χ4v) is 5.59. The Hall–Kier alpha value is -2.92. The number of hydrogen-bond acceptors (Lipinski definition) is 7. The molecule has 12 heteroatoms. The van der Waals surface area contributed by atoms with Crippen molar-refractivity contribution in [3.8, 4) is 5.69 Å². The third-order valence-corrected chi connectivity index (χ3v) is 7.86. The Morgan fingerprint density at radius 1 is 0.972 bits per heavy atom. The predicted octanol–water partition coefficient (Wildman–Crippen LogP) is 4.00. The zero-order chi connectivity index (χ0) is 25.5. The van der Waals surface area contributed by atoms with Crippen molar-refractivity contribution in [3.05, 3.63) is 52.7 Å². The first-order valence-corrected chi connectivity index (χ1v) is 12.2. The standard InChI is InChI=1S/C24H26ClF3N8/c1-15-7-29-8-19(30-15)33-11-23(12-33)13-34(14-23)21-32-31-20-10-35(22(2,3)24(26,27)28)9-16-6-17(25)4-5-18(16)36(20)21/h4-8H,9-14H2,1-3H3. The molecule has 190 valence electrons. The second-order valence-electron chi connectivity index (χ2n) is 10.7. The van der Waals surface area contributed by atoms with E-state index in [1.165, 1.54) is 18.7 Å². The third-order valence-electron chi connectivity index (χ3n) is 7.63. The Morgan fingerprint density at radius 3 is 2.39 bits per heavy atom. The highest BCUT2D eigenvalue weighted by Crippen LogP contribution is 2.45. The SMILES string of the molecule is Cc1cncc(N2CC3(C2)CN(c2nnc4n2-c2ccc(Cl)cc2CN(C(C)(C)C(F)(F)F)C4)C3)n1. The molecule has 0 atom stereocenters. The number of aryl methyl sites for hydroxylation is 1. The number of rotatable bonds is 3. The van der Waals surface area contributed by atoms with Crippen LogP contribution in [0.15, 0.2) is 30.6 Å². The highest BCUT2D eigenvalue weighted by Gasteiger charge is 2.54. The molecule has 2 fully saturated rings. The maximum Gasteiger partial charge on any atom is 0.406 e. The summed E-state index contributed by atoms with van der Waals surface area (Å²) in [6.45, 7) is 7.78. The third kappa shape index (κ3) is 3.62. The Bertz CT molecular complexity index is 1320. The Kier molecular flexibility index (Phi) is 5.08. The predicted molar refractivity (Wildman–Crippen MR) is 129 cm³/mol. The molecule has 6 rings (SSSR count). The Morgan fingerprint density at radius 2 is 1.69 bits per heavy atom. The van der Waals surface area contributed by atoms with Crippen LogP contribution >= 0.6 is 11.6 Å². The summed E-state index contributed by atoms with van der Waals surface area (Å²) in [6, 6.07) is 5.33. The van der Waals surface area contributed by atoms with E-state index in [1.54, 1.807) is 24.5 Å². The quantitative estimate of drug-likeness (QED) is 0.519. The van der Waals surface area contributed by atoms with Gasteiger partial charge in [-0.3, -0.25) is 14.5 Å². The number of alkyl halides is 3. The summed E-state index contributed by atoms with van der Waals surface area (Å²) >= 11 is 6.26. The van der Waals surface area contributed by atoms with Crippen molar-refractivity contribution in [2.45, 2.75) is 45.6 Å². The summed E-state index contributed by atoms with van der Waals surface area (Å²) in [5, 5.41) is 9.27. The van der Waals surface area contributed by atoms with Crippen molar-refractivity contribution in [1.29, 1.82) is 0 Å². The van der Waals surface area contributed by atoms with E-state index in [-0.39, 0.29) is 18.5 Å². The summed E-state index contributed by atoms with van der Waals surface area (Å²) in [6.07, 6.45) is -0.889. The lowest BCUT2D eigenvalue weighted by Gasteiger charge is -2.60. The van der Waals surface area contributed by atoms with Crippen molar-refractivity contribution in [1.82, 2.24) is 29.6 Å². The minimum absolute atomic E-state index is 0.0184. The van der Waals surface area contributed by atoms with Crippen molar-refractivity contribution in [2.75, 3.05) is 36.0 Å². The molecule has 1 spiro atoms. The van der Waals surface area contributed by atoms with E-state index in [0.29, 0.717) is 22.4 Å². The van der Waals surface area contributed by atoms with Gasteiger partial charge in [-0.25, -0.2) is 4.98 Å².